The lowest BCUT2D eigenvalue weighted by atomic mass is 10.2. The molecule has 0 bridgehead atoms. The number of amides is 1. The lowest BCUT2D eigenvalue weighted by molar-refractivity contribution is 0.0109. The molecule has 0 aliphatic carbocycles. The molecule has 0 saturated heterocycles. The summed E-state index contributed by atoms with van der Waals surface area (Å²) in [5.74, 6) is 0. The highest BCUT2D eigenvalue weighted by molar-refractivity contribution is 6.69. The first kappa shape index (κ1) is 16.7. The van der Waals surface area contributed by atoms with E-state index < -0.39 is 8.32 Å². The van der Waals surface area contributed by atoms with Crippen LogP contribution in [0.4, 0.5) is 4.79 Å². The average molecular weight is 295 g/mol. The van der Waals surface area contributed by atoms with E-state index in [4.69, 9.17) is 9.16 Å². The summed E-state index contributed by atoms with van der Waals surface area (Å²) in [5.41, 5.74) is 1.07. The zero-order chi connectivity index (χ0) is 15.2. The Morgan fingerprint density at radius 1 is 1.25 bits per heavy atom. The standard InChI is InChI=1S/C15H25NO3Si/c1-6-14(19-20(3,4)5)16(15(17)18-2)12-13-10-8-7-9-11-13/h7-11,14H,6,12H2,1-5H3. The molecule has 1 aromatic carbocycles. The van der Waals surface area contributed by atoms with E-state index in [2.05, 4.69) is 19.6 Å². The van der Waals surface area contributed by atoms with E-state index in [0.29, 0.717) is 6.54 Å². The summed E-state index contributed by atoms with van der Waals surface area (Å²) in [4.78, 5) is 13.7. The van der Waals surface area contributed by atoms with Gasteiger partial charge < -0.3 is 9.16 Å². The molecule has 0 aliphatic heterocycles. The van der Waals surface area contributed by atoms with Crippen LogP contribution in [0.5, 0.6) is 0 Å². The van der Waals surface area contributed by atoms with E-state index in [1.807, 2.05) is 37.3 Å². The Morgan fingerprint density at radius 2 is 1.85 bits per heavy atom. The SMILES string of the molecule is CCC(O[Si](C)(C)C)N(Cc1ccccc1)C(=O)OC. The molecule has 4 nitrogen and oxygen atoms in total. The van der Waals surface area contributed by atoms with Gasteiger partial charge in [0.2, 0.25) is 0 Å². The molecule has 112 valence electrons. The maximum atomic E-state index is 12.0. The third kappa shape index (κ3) is 5.34. The predicted molar refractivity (Wildman–Crippen MR) is 82.9 cm³/mol. The first-order chi connectivity index (χ1) is 9.37. The number of benzene rings is 1. The van der Waals surface area contributed by atoms with Crippen LogP contribution in [-0.4, -0.2) is 32.6 Å². The summed E-state index contributed by atoms with van der Waals surface area (Å²) in [6, 6.07) is 9.88. The zero-order valence-electron chi connectivity index (χ0n) is 13.1. The fourth-order valence-corrected chi connectivity index (χ4v) is 3.07. The van der Waals surface area contributed by atoms with Crippen LogP contribution in [0.1, 0.15) is 18.9 Å². The predicted octanol–water partition coefficient (Wildman–Crippen LogP) is 3.84. The Balaban J connectivity index is 2.90. The van der Waals surface area contributed by atoms with E-state index in [1.165, 1.54) is 7.11 Å². The van der Waals surface area contributed by atoms with Gasteiger partial charge in [-0.05, 0) is 31.6 Å². The smallest absolute Gasteiger partial charge is 0.411 e. The molecule has 1 aromatic rings. The Bertz CT molecular complexity index is 417. The Labute approximate surface area is 122 Å². The number of carbonyl (C=O) groups excluding carboxylic acids is 1. The maximum Gasteiger partial charge on any atom is 0.411 e. The lowest BCUT2D eigenvalue weighted by Crippen LogP contribution is -2.46. The second-order valence-corrected chi connectivity index (χ2v) is 10.1. The molecule has 0 aliphatic rings. The largest absolute Gasteiger partial charge is 0.453 e. The van der Waals surface area contributed by atoms with E-state index >= 15 is 0 Å². The van der Waals surface area contributed by atoms with Gasteiger partial charge in [-0.2, -0.15) is 0 Å². The average Bonchev–Trinajstić information content (AvgIpc) is 2.41. The Morgan fingerprint density at radius 3 is 2.30 bits per heavy atom. The monoisotopic (exact) mass is 295 g/mol. The minimum Gasteiger partial charge on any atom is -0.453 e. The van der Waals surface area contributed by atoms with Gasteiger partial charge in [-0.25, -0.2) is 4.79 Å². The maximum absolute atomic E-state index is 12.0. The number of hydrogen-bond acceptors (Lipinski definition) is 3. The van der Waals surface area contributed by atoms with Crippen molar-refractivity contribution in [1.82, 2.24) is 4.90 Å². The van der Waals surface area contributed by atoms with E-state index in [0.717, 1.165) is 12.0 Å². The Hall–Kier alpha value is -1.33. The number of hydrogen-bond donors (Lipinski definition) is 0. The topological polar surface area (TPSA) is 38.8 Å². The van der Waals surface area contributed by atoms with Crippen molar-refractivity contribution in [2.75, 3.05) is 7.11 Å². The van der Waals surface area contributed by atoms with Crippen LogP contribution in [-0.2, 0) is 15.7 Å². The molecule has 0 radical (unpaired) electrons. The van der Waals surface area contributed by atoms with Crippen molar-refractivity contribution < 1.29 is 14.0 Å². The van der Waals surface area contributed by atoms with Crippen LogP contribution >= 0.6 is 0 Å². The van der Waals surface area contributed by atoms with Crippen LogP contribution in [0.15, 0.2) is 30.3 Å². The second-order valence-electron chi connectivity index (χ2n) is 5.68. The number of carbonyl (C=O) groups is 1. The van der Waals surface area contributed by atoms with Gasteiger partial charge in [-0.1, -0.05) is 37.3 Å². The summed E-state index contributed by atoms with van der Waals surface area (Å²) in [6.45, 7) is 8.87. The van der Waals surface area contributed by atoms with Gasteiger partial charge in [-0.15, -0.1) is 0 Å². The number of nitrogens with zero attached hydrogens (tertiary/aromatic N) is 1. The van der Waals surface area contributed by atoms with Crippen LogP contribution in [0, 0.1) is 0 Å². The quantitative estimate of drug-likeness (QED) is 0.591. The minimum atomic E-state index is -1.73. The van der Waals surface area contributed by atoms with Gasteiger partial charge in [0.25, 0.3) is 0 Å². The third-order valence-electron chi connectivity index (χ3n) is 2.79. The van der Waals surface area contributed by atoms with Gasteiger partial charge in [0.15, 0.2) is 8.32 Å². The highest BCUT2D eigenvalue weighted by Gasteiger charge is 2.28. The molecule has 5 heteroatoms. The van der Waals surface area contributed by atoms with Gasteiger partial charge in [0.05, 0.1) is 13.7 Å². The number of methoxy groups -OCH3 is 1. The molecular weight excluding hydrogens is 270 g/mol. The summed E-state index contributed by atoms with van der Waals surface area (Å²) in [5, 5.41) is 0. The first-order valence-corrected chi connectivity index (χ1v) is 10.3. The zero-order valence-corrected chi connectivity index (χ0v) is 14.1. The van der Waals surface area contributed by atoms with Gasteiger partial charge in [0.1, 0.15) is 6.23 Å². The van der Waals surface area contributed by atoms with Crippen molar-refractivity contribution >= 4 is 14.4 Å². The number of rotatable bonds is 6. The molecule has 1 unspecified atom stereocenters. The molecular formula is C15H25NO3Si. The summed E-state index contributed by atoms with van der Waals surface area (Å²) in [7, 11) is -0.325. The number of ether oxygens (including phenoxy) is 1. The molecule has 1 amide bonds. The fraction of sp³-hybridized carbons (Fsp3) is 0.533. The van der Waals surface area contributed by atoms with Crippen molar-refractivity contribution in [3.63, 3.8) is 0 Å². The minimum absolute atomic E-state index is 0.241. The highest BCUT2D eigenvalue weighted by atomic mass is 28.4. The summed E-state index contributed by atoms with van der Waals surface area (Å²) in [6.07, 6.45) is 0.153. The fourth-order valence-electron chi connectivity index (χ4n) is 1.96. The van der Waals surface area contributed by atoms with Crippen LogP contribution in [0.3, 0.4) is 0 Å². The summed E-state index contributed by atoms with van der Waals surface area (Å²) >= 11 is 0. The van der Waals surface area contributed by atoms with Crippen LogP contribution < -0.4 is 0 Å². The molecule has 0 saturated carbocycles. The normalized spacial score (nSPS) is 12.8. The van der Waals surface area contributed by atoms with Crippen molar-refractivity contribution in [1.29, 1.82) is 0 Å². The summed E-state index contributed by atoms with van der Waals surface area (Å²) < 4.78 is 11.0. The lowest BCUT2D eigenvalue weighted by Gasteiger charge is -2.34. The highest BCUT2D eigenvalue weighted by Crippen LogP contribution is 2.18. The molecule has 0 fully saturated rings. The molecule has 0 N–H and O–H groups in total. The van der Waals surface area contributed by atoms with E-state index in [1.54, 1.807) is 4.90 Å². The molecule has 1 atom stereocenters. The molecule has 1 rings (SSSR count). The first-order valence-electron chi connectivity index (χ1n) is 6.93. The van der Waals surface area contributed by atoms with Crippen LogP contribution in [0.25, 0.3) is 0 Å². The van der Waals surface area contributed by atoms with E-state index in [9.17, 15) is 4.79 Å². The Kier molecular flexibility index (Phi) is 6.23. The van der Waals surface area contributed by atoms with Crippen molar-refractivity contribution in [2.45, 2.75) is 45.8 Å². The van der Waals surface area contributed by atoms with Crippen molar-refractivity contribution in [3.05, 3.63) is 35.9 Å². The molecule has 20 heavy (non-hydrogen) atoms. The van der Waals surface area contributed by atoms with Crippen molar-refractivity contribution in [3.8, 4) is 0 Å². The van der Waals surface area contributed by atoms with Gasteiger partial charge >= 0.3 is 6.09 Å². The molecule has 0 spiro atoms. The van der Waals surface area contributed by atoms with E-state index in [-0.39, 0.29) is 12.3 Å². The van der Waals surface area contributed by atoms with Crippen LogP contribution in [0.2, 0.25) is 19.6 Å². The van der Waals surface area contributed by atoms with Gasteiger partial charge in [-0.3, -0.25) is 4.90 Å². The molecule has 0 heterocycles. The third-order valence-corrected chi connectivity index (χ3v) is 3.77. The van der Waals surface area contributed by atoms with Gasteiger partial charge in [0, 0.05) is 0 Å². The van der Waals surface area contributed by atoms with Crippen molar-refractivity contribution in [2.24, 2.45) is 0 Å². The molecule has 0 aromatic heterocycles. The second kappa shape index (κ2) is 7.45.